The van der Waals surface area contributed by atoms with Crippen LogP contribution >= 0.6 is 0 Å². The fourth-order valence-electron chi connectivity index (χ4n) is 0.855. The lowest BCUT2D eigenvalue weighted by Gasteiger charge is -2.10. The Bertz CT molecular complexity index is 211. The topological polar surface area (TPSA) is 26.0 Å². The molecule has 1 atom stereocenters. The van der Waals surface area contributed by atoms with Crippen molar-refractivity contribution in [1.29, 1.82) is 0 Å². The van der Waals surface area contributed by atoms with Gasteiger partial charge < -0.3 is 5.73 Å². The quantitative estimate of drug-likeness (QED) is 0.660. The van der Waals surface area contributed by atoms with Gasteiger partial charge in [0.25, 0.3) is 0 Å². The van der Waals surface area contributed by atoms with E-state index in [0.717, 1.165) is 12.0 Å². The Balaban J connectivity index is 0. The van der Waals surface area contributed by atoms with Gasteiger partial charge in [0.05, 0.1) is 0 Å². The normalized spacial score (nSPS) is 12.1. The van der Waals surface area contributed by atoms with E-state index in [1.807, 2.05) is 32.9 Å². The summed E-state index contributed by atoms with van der Waals surface area (Å²) in [5.41, 5.74) is 7.41. The van der Waals surface area contributed by atoms with Crippen molar-refractivity contribution < 1.29 is 0 Å². The number of rotatable bonds is 5. The first-order valence-electron chi connectivity index (χ1n) is 5.00. The molecule has 0 aliphatic carbocycles. The van der Waals surface area contributed by atoms with Gasteiger partial charge in [-0.25, -0.2) is 0 Å². The predicted molar refractivity (Wildman–Crippen MR) is 66.9 cm³/mol. The van der Waals surface area contributed by atoms with Crippen LogP contribution in [0.4, 0.5) is 0 Å². The predicted octanol–water partition coefficient (Wildman–Crippen LogP) is 3.81. The van der Waals surface area contributed by atoms with Crippen molar-refractivity contribution in [3.05, 3.63) is 49.2 Å². The lowest BCUT2D eigenvalue weighted by atomic mass is 9.99. The van der Waals surface area contributed by atoms with E-state index >= 15 is 0 Å². The molecule has 1 nitrogen and oxygen atoms in total. The van der Waals surface area contributed by atoms with Crippen LogP contribution in [0.1, 0.15) is 27.2 Å². The fraction of sp³-hybridized carbons (Fsp3) is 0.385. The Hall–Kier alpha value is -1.24. The largest absolute Gasteiger partial charge is 0.402 e. The Morgan fingerprint density at radius 2 is 1.86 bits per heavy atom. The Morgan fingerprint density at radius 1 is 1.36 bits per heavy atom. The zero-order valence-electron chi connectivity index (χ0n) is 9.72. The van der Waals surface area contributed by atoms with Crippen LogP contribution in [-0.4, -0.2) is 0 Å². The summed E-state index contributed by atoms with van der Waals surface area (Å²) in [6.45, 7) is 17.1. The van der Waals surface area contributed by atoms with Gasteiger partial charge in [0.2, 0.25) is 0 Å². The summed E-state index contributed by atoms with van der Waals surface area (Å²) in [6, 6.07) is 0. The third kappa shape index (κ3) is 7.41. The molecule has 0 aromatic rings. The van der Waals surface area contributed by atoms with E-state index in [4.69, 9.17) is 5.73 Å². The first-order chi connectivity index (χ1) is 6.61. The van der Waals surface area contributed by atoms with Crippen molar-refractivity contribution >= 4 is 0 Å². The van der Waals surface area contributed by atoms with E-state index in [1.165, 1.54) is 0 Å². The fourth-order valence-corrected chi connectivity index (χ4v) is 0.855. The molecule has 0 unspecified atom stereocenters. The van der Waals surface area contributed by atoms with Gasteiger partial charge in [0, 0.05) is 5.70 Å². The van der Waals surface area contributed by atoms with Crippen LogP contribution in [-0.2, 0) is 0 Å². The monoisotopic (exact) mass is 193 g/mol. The van der Waals surface area contributed by atoms with Gasteiger partial charge in [-0.05, 0) is 17.9 Å². The molecule has 0 aromatic carbocycles. The van der Waals surface area contributed by atoms with Crippen LogP contribution in [0, 0.1) is 5.92 Å². The summed E-state index contributed by atoms with van der Waals surface area (Å²) in [5, 5.41) is 0. The molecule has 14 heavy (non-hydrogen) atoms. The van der Waals surface area contributed by atoms with Gasteiger partial charge in [-0.1, -0.05) is 58.7 Å². The highest BCUT2D eigenvalue weighted by Gasteiger charge is 2.03. The molecular weight excluding hydrogens is 170 g/mol. The van der Waals surface area contributed by atoms with Gasteiger partial charge in [0.15, 0.2) is 0 Å². The standard InChI is InChI=1S/C11H17N.C2H6/c1-5-7-11(6-2)8-9(3)10(4)12;1-2/h5-7,9H,1-2,4,8,12H2,3H3;1-2H3/b11-7+;/t9-;/m0./s1. The van der Waals surface area contributed by atoms with Gasteiger partial charge in [-0.3, -0.25) is 0 Å². The number of allylic oxidation sites excluding steroid dienone is 5. The minimum absolute atomic E-state index is 0.300. The lowest BCUT2D eigenvalue weighted by Crippen LogP contribution is -2.07. The molecule has 0 radical (unpaired) electrons. The highest BCUT2D eigenvalue weighted by molar-refractivity contribution is 5.22. The SMILES string of the molecule is C=C/C=C(\C=C)C[C@H](C)C(=C)N.CC. The minimum Gasteiger partial charge on any atom is -0.402 e. The Kier molecular flexibility index (Phi) is 10.7. The minimum atomic E-state index is 0.300. The van der Waals surface area contributed by atoms with Gasteiger partial charge in [-0.2, -0.15) is 0 Å². The molecule has 0 aromatic heterocycles. The van der Waals surface area contributed by atoms with E-state index in [2.05, 4.69) is 19.7 Å². The summed E-state index contributed by atoms with van der Waals surface area (Å²) in [4.78, 5) is 0. The van der Waals surface area contributed by atoms with E-state index in [1.54, 1.807) is 6.08 Å². The molecule has 0 bridgehead atoms. The molecule has 0 fully saturated rings. The molecule has 0 rings (SSSR count). The molecule has 1 heteroatoms. The van der Waals surface area contributed by atoms with Crippen molar-refractivity contribution in [2.45, 2.75) is 27.2 Å². The van der Waals surface area contributed by atoms with Crippen molar-refractivity contribution in [3.8, 4) is 0 Å². The number of hydrogen-bond donors (Lipinski definition) is 1. The van der Waals surface area contributed by atoms with E-state index in [-0.39, 0.29) is 0 Å². The molecule has 2 N–H and O–H groups in total. The van der Waals surface area contributed by atoms with Gasteiger partial charge in [-0.15, -0.1) is 0 Å². The third-order valence-electron chi connectivity index (χ3n) is 1.77. The maximum atomic E-state index is 5.55. The second-order valence-corrected chi connectivity index (χ2v) is 2.86. The van der Waals surface area contributed by atoms with Crippen LogP contribution in [0.5, 0.6) is 0 Å². The number of nitrogens with two attached hydrogens (primary N) is 1. The molecule has 0 saturated heterocycles. The van der Waals surface area contributed by atoms with Crippen LogP contribution in [0.15, 0.2) is 49.2 Å². The molecule has 0 saturated carbocycles. The summed E-state index contributed by atoms with van der Waals surface area (Å²) in [5.74, 6) is 0.300. The van der Waals surface area contributed by atoms with Crippen molar-refractivity contribution in [1.82, 2.24) is 0 Å². The second kappa shape index (κ2) is 9.85. The molecule has 0 amide bonds. The lowest BCUT2D eigenvalue weighted by molar-refractivity contribution is 0.675. The van der Waals surface area contributed by atoms with Crippen LogP contribution < -0.4 is 5.73 Å². The van der Waals surface area contributed by atoms with E-state index in [0.29, 0.717) is 11.6 Å². The number of hydrogen-bond acceptors (Lipinski definition) is 1. The first-order valence-corrected chi connectivity index (χ1v) is 5.00. The van der Waals surface area contributed by atoms with E-state index in [9.17, 15) is 0 Å². The van der Waals surface area contributed by atoms with Gasteiger partial charge in [0.1, 0.15) is 0 Å². The smallest absolute Gasteiger partial charge is 0.00395 e. The van der Waals surface area contributed by atoms with E-state index < -0.39 is 0 Å². The zero-order valence-corrected chi connectivity index (χ0v) is 9.72. The molecular formula is C13H23N. The maximum Gasteiger partial charge on any atom is 0.00395 e. The van der Waals surface area contributed by atoms with Crippen molar-refractivity contribution in [2.24, 2.45) is 11.7 Å². The zero-order chi connectivity index (χ0) is 11.6. The molecule has 80 valence electrons. The highest BCUT2D eigenvalue weighted by atomic mass is 14.6. The highest BCUT2D eigenvalue weighted by Crippen LogP contribution is 2.15. The molecule has 0 heterocycles. The van der Waals surface area contributed by atoms with Crippen molar-refractivity contribution in [2.75, 3.05) is 0 Å². The molecule has 0 aliphatic rings. The van der Waals surface area contributed by atoms with Gasteiger partial charge >= 0.3 is 0 Å². The average Bonchev–Trinajstić information content (AvgIpc) is 2.19. The average molecular weight is 193 g/mol. The molecule has 0 aliphatic heterocycles. The molecule has 0 spiro atoms. The summed E-state index contributed by atoms with van der Waals surface area (Å²) in [7, 11) is 0. The van der Waals surface area contributed by atoms with Crippen LogP contribution in [0.3, 0.4) is 0 Å². The first kappa shape index (κ1) is 15.2. The van der Waals surface area contributed by atoms with Crippen molar-refractivity contribution in [3.63, 3.8) is 0 Å². The maximum absolute atomic E-state index is 5.55. The second-order valence-electron chi connectivity index (χ2n) is 2.86. The van der Waals surface area contributed by atoms with Crippen LogP contribution in [0.25, 0.3) is 0 Å². The Morgan fingerprint density at radius 3 is 2.14 bits per heavy atom. The third-order valence-corrected chi connectivity index (χ3v) is 1.77. The summed E-state index contributed by atoms with van der Waals surface area (Å²) in [6.07, 6.45) is 6.39. The Labute approximate surface area is 88.7 Å². The summed E-state index contributed by atoms with van der Waals surface area (Å²) >= 11 is 0. The summed E-state index contributed by atoms with van der Waals surface area (Å²) < 4.78 is 0. The van der Waals surface area contributed by atoms with Crippen LogP contribution in [0.2, 0.25) is 0 Å².